The van der Waals surface area contributed by atoms with E-state index in [1.54, 1.807) is 0 Å². The van der Waals surface area contributed by atoms with Gasteiger partial charge in [0.15, 0.2) is 5.78 Å². The van der Waals surface area contributed by atoms with Gasteiger partial charge in [-0.05, 0) is 19.3 Å². The molecule has 0 aliphatic heterocycles. The lowest BCUT2D eigenvalue weighted by atomic mass is 10.0. The molecule has 0 aromatic rings. The molecular weight excluding hydrogens is 232 g/mol. The molecule has 4 nitrogen and oxygen atoms in total. The third kappa shape index (κ3) is 5.84. The zero-order valence-corrected chi connectivity index (χ0v) is 11.7. The number of allylic oxidation sites excluding steroid dienone is 1. The smallest absolute Gasteiger partial charge is 0.340 e. The minimum absolute atomic E-state index is 0.277. The summed E-state index contributed by atoms with van der Waals surface area (Å²) >= 11 is 0. The van der Waals surface area contributed by atoms with Gasteiger partial charge in [-0.3, -0.25) is 4.79 Å². The molecule has 0 spiro atoms. The van der Waals surface area contributed by atoms with Gasteiger partial charge in [0.05, 0.1) is 12.2 Å². The Morgan fingerprint density at radius 3 is 2.22 bits per heavy atom. The fourth-order valence-electron chi connectivity index (χ4n) is 1.70. The van der Waals surface area contributed by atoms with Gasteiger partial charge in [0, 0.05) is 0 Å². The SMILES string of the molecule is CCCCC(CC)COC(=O)/C(C(C)=O)=C(\C)[O-]. The van der Waals surface area contributed by atoms with Crippen LogP contribution in [0.2, 0.25) is 0 Å². The van der Waals surface area contributed by atoms with Crippen LogP contribution < -0.4 is 5.11 Å². The molecule has 18 heavy (non-hydrogen) atoms. The van der Waals surface area contributed by atoms with E-state index in [9.17, 15) is 14.7 Å². The number of ketones is 1. The molecule has 1 unspecified atom stereocenters. The highest BCUT2D eigenvalue weighted by Gasteiger charge is 2.17. The van der Waals surface area contributed by atoms with E-state index in [-0.39, 0.29) is 12.2 Å². The highest BCUT2D eigenvalue weighted by Crippen LogP contribution is 2.14. The molecule has 4 heteroatoms. The zero-order chi connectivity index (χ0) is 14.1. The number of unbranched alkanes of at least 4 members (excludes halogenated alkanes) is 1. The second kappa shape index (κ2) is 8.72. The van der Waals surface area contributed by atoms with Crippen LogP contribution in [0.4, 0.5) is 0 Å². The number of rotatable bonds is 8. The molecule has 0 aliphatic carbocycles. The Balaban J connectivity index is 4.39. The van der Waals surface area contributed by atoms with Crippen molar-refractivity contribution in [2.75, 3.05) is 6.61 Å². The molecule has 0 rings (SSSR count). The van der Waals surface area contributed by atoms with Gasteiger partial charge in [-0.25, -0.2) is 4.79 Å². The molecule has 0 saturated heterocycles. The summed E-state index contributed by atoms with van der Waals surface area (Å²) in [5, 5.41) is 11.2. The summed E-state index contributed by atoms with van der Waals surface area (Å²) in [7, 11) is 0. The minimum atomic E-state index is -0.787. The third-order valence-electron chi connectivity index (χ3n) is 2.90. The molecule has 0 aliphatic rings. The van der Waals surface area contributed by atoms with Crippen LogP contribution in [-0.4, -0.2) is 18.4 Å². The molecule has 0 fully saturated rings. The maximum atomic E-state index is 11.6. The van der Waals surface area contributed by atoms with Crippen LogP contribution in [0.1, 0.15) is 53.4 Å². The summed E-state index contributed by atoms with van der Waals surface area (Å²) in [5.74, 6) is -1.55. The molecule has 0 amide bonds. The Kier molecular flexibility index (Phi) is 8.08. The average molecular weight is 255 g/mol. The second-order valence-electron chi connectivity index (χ2n) is 4.50. The first-order valence-corrected chi connectivity index (χ1v) is 6.49. The molecule has 0 radical (unpaired) electrons. The van der Waals surface area contributed by atoms with Crippen LogP contribution in [0.5, 0.6) is 0 Å². The maximum absolute atomic E-state index is 11.6. The van der Waals surface area contributed by atoms with Crippen molar-refractivity contribution in [3.05, 3.63) is 11.3 Å². The van der Waals surface area contributed by atoms with Crippen molar-refractivity contribution in [1.29, 1.82) is 0 Å². The van der Waals surface area contributed by atoms with Crippen LogP contribution >= 0.6 is 0 Å². The molecule has 0 N–H and O–H groups in total. The van der Waals surface area contributed by atoms with Gasteiger partial charge in [-0.15, -0.1) is 5.76 Å². The van der Waals surface area contributed by atoms with Crippen molar-refractivity contribution in [1.82, 2.24) is 0 Å². The molecule has 0 aromatic carbocycles. The predicted molar refractivity (Wildman–Crippen MR) is 67.6 cm³/mol. The average Bonchev–Trinajstić information content (AvgIpc) is 2.28. The van der Waals surface area contributed by atoms with E-state index in [1.165, 1.54) is 13.8 Å². The quantitative estimate of drug-likeness (QED) is 0.219. The lowest BCUT2D eigenvalue weighted by molar-refractivity contribution is -0.303. The van der Waals surface area contributed by atoms with E-state index in [0.717, 1.165) is 25.7 Å². The fraction of sp³-hybridized carbons (Fsp3) is 0.714. The maximum Gasteiger partial charge on any atom is 0.340 e. The van der Waals surface area contributed by atoms with Gasteiger partial charge in [-0.2, -0.15) is 0 Å². The van der Waals surface area contributed by atoms with E-state index in [1.807, 2.05) is 6.92 Å². The van der Waals surface area contributed by atoms with E-state index in [2.05, 4.69) is 6.92 Å². The van der Waals surface area contributed by atoms with Crippen molar-refractivity contribution in [3.63, 3.8) is 0 Å². The molecule has 0 aromatic heterocycles. The lowest BCUT2D eigenvalue weighted by Gasteiger charge is -2.17. The second-order valence-corrected chi connectivity index (χ2v) is 4.50. The minimum Gasteiger partial charge on any atom is -0.875 e. The summed E-state index contributed by atoms with van der Waals surface area (Å²) in [6.07, 6.45) is 4.10. The molecule has 104 valence electrons. The number of ether oxygens (including phenoxy) is 1. The Morgan fingerprint density at radius 2 is 1.83 bits per heavy atom. The van der Waals surface area contributed by atoms with Crippen molar-refractivity contribution < 1.29 is 19.4 Å². The first-order chi connectivity index (χ1) is 8.43. The van der Waals surface area contributed by atoms with Crippen LogP contribution in [0, 0.1) is 5.92 Å². The summed E-state index contributed by atoms with van der Waals surface area (Å²) in [6.45, 7) is 6.82. The number of hydrogen-bond donors (Lipinski definition) is 0. The van der Waals surface area contributed by atoms with Crippen molar-refractivity contribution >= 4 is 11.8 Å². The molecular formula is C14H23O4-. The van der Waals surface area contributed by atoms with E-state index in [0.29, 0.717) is 5.92 Å². The molecule has 0 saturated carbocycles. The van der Waals surface area contributed by atoms with Crippen LogP contribution in [-0.2, 0) is 14.3 Å². The van der Waals surface area contributed by atoms with Gasteiger partial charge in [0.25, 0.3) is 0 Å². The zero-order valence-electron chi connectivity index (χ0n) is 11.7. The van der Waals surface area contributed by atoms with Gasteiger partial charge < -0.3 is 9.84 Å². The summed E-state index contributed by atoms with van der Waals surface area (Å²) < 4.78 is 5.06. The Bertz CT molecular complexity index is 314. The monoisotopic (exact) mass is 255 g/mol. The highest BCUT2D eigenvalue weighted by molar-refractivity contribution is 6.16. The normalized spacial score (nSPS) is 13.8. The summed E-state index contributed by atoms with van der Waals surface area (Å²) in [5.41, 5.74) is -0.361. The van der Waals surface area contributed by atoms with Gasteiger partial charge in [0.2, 0.25) is 0 Å². The van der Waals surface area contributed by atoms with Crippen molar-refractivity contribution in [2.24, 2.45) is 5.92 Å². The van der Waals surface area contributed by atoms with Crippen LogP contribution in [0.3, 0.4) is 0 Å². The Hall–Kier alpha value is -1.32. The van der Waals surface area contributed by atoms with Crippen LogP contribution in [0.15, 0.2) is 11.3 Å². The molecule has 0 bridgehead atoms. The largest absolute Gasteiger partial charge is 0.875 e. The summed E-state index contributed by atoms with van der Waals surface area (Å²) in [4.78, 5) is 22.8. The number of Topliss-reactive ketones (excluding diaryl/α,β-unsaturated/α-hetero) is 1. The number of carbonyl (C=O) groups excluding carboxylic acids is 2. The van der Waals surface area contributed by atoms with Crippen molar-refractivity contribution in [3.8, 4) is 0 Å². The number of hydrogen-bond acceptors (Lipinski definition) is 4. The van der Waals surface area contributed by atoms with E-state index in [4.69, 9.17) is 4.74 Å². The Labute approximate surface area is 109 Å². The predicted octanol–water partition coefficient (Wildman–Crippen LogP) is 1.97. The van der Waals surface area contributed by atoms with Gasteiger partial charge >= 0.3 is 5.97 Å². The van der Waals surface area contributed by atoms with E-state index >= 15 is 0 Å². The molecule has 1 atom stereocenters. The highest BCUT2D eigenvalue weighted by atomic mass is 16.5. The van der Waals surface area contributed by atoms with Crippen LogP contribution in [0.25, 0.3) is 0 Å². The van der Waals surface area contributed by atoms with Crippen molar-refractivity contribution in [2.45, 2.75) is 53.4 Å². The van der Waals surface area contributed by atoms with Gasteiger partial charge in [0.1, 0.15) is 0 Å². The number of esters is 1. The summed E-state index contributed by atoms with van der Waals surface area (Å²) in [6, 6.07) is 0. The van der Waals surface area contributed by atoms with E-state index < -0.39 is 17.5 Å². The standard InChI is InChI=1S/C14H24O4/c1-5-7-8-12(6-2)9-18-14(17)13(10(3)15)11(4)16/h12,15H,5-9H2,1-4H3/p-1/b13-10+. The first kappa shape index (κ1) is 16.7. The molecule has 0 heterocycles. The lowest BCUT2D eigenvalue weighted by Crippen LogP contribution is -2.22. The fourth-order valence-corrected chi connectivity index (χ4v) is 1.70. The Morgan fingerprint density at radius 1 is 1.22 bits per heavy atom. The third-order valence-corrected chi connectivity index (χ3v) is 2.90. The topological polar surface area (TPSA) is 66.4 Å². The van der Waals surface area contributed by atoms with Gasteiger partial charge in [-0.1, -0.05) is 40.0 Å². The first-order valence-electron chi connectivity index (χ1n) is 6.49. The number of carbonyl (C=O) groups is 2.